The molecule has 0 radical (unpaired) electrons. The van der Waals surface area contributed by atoms with Crippen molar-refractivity contribution in [3.63, 3.8) is 0 Å². The molecule has 2 aromatic carbocycles. The number of anilines is 2. The average Bonchev–Trinajstić information content (AvgIpc) is 2.84. The van der Waals surface area contributed by atoms with Gasteiger partial charge < -0.3 is 15.8 Å². The van der Waals surface area contributed by atoms with Crippen molar-refractivity contribution in [1.82, 2.24) is 13.7 Å². The molecule has 0 atom stereocenters. The van der Waals surface area contributed by atoms with Gasteiger partial charge in [-0.1, -0.05) is 6.07 Å². The molecule has 0 spiro atoms. The second-order valence-electron chi connectivity index (χ2n) is 8.05. The zero-order valence-corrected chi connectivity index (χ0v) is 21.6. The van der Waals surface area contributed by atoms with E-state index in [0.29, 0.717) is 3.57 Å². The maximum atomic E-state index is 14.7. The molecule has 186 valence electrons. The molecule has 12 heteroatoms. The fraction of sp³-hybridized carbons (Fsp3) is 0.167. The van der Waals surface area contributed by atoms with E-state index in [9.17, 15) is 23.6 Å². The minimum atomic E-state index is -0.706. The summed E-state index contributed by atoms with van der Waals surface area (Å²) in [6.45, 7) is 1.13. The van der Waals surface area contributed by atoms with Gasteiger partial charge in [-0.25, -0.2) is 9.18 Å². The van der Waals surface area contributed by atoms with Gasteiger partial charge in [-0.3, -0.25) is 28.1 Å². The second-order valence-corrected chi connectivity index (χ2v) is 9.29. The van der Waals surface area contributed by atoms with Gasteiger partial charge in [0.15, 0.2) is 6.61 Å². The van der Waals surface area contributed by atoms with Gasteiger partial charge in [0.05, 0.1) is 16.9 Å². The molecule has 2 heterocycles. The maximum absolute atomic E-state index is 14.7. The summed E-state index contributed by atoms with van der Waals surface area (Å²) >= 11 is 1.97. The van der Waals surface area contributed by atoms with Gasteiger partial charge in [-0.05, 0) is 59.8 Å². The quantitative estimate of drug-likeness (QED) is 0.324. The van der Waals surface area contributed by atoms with E-state index in [-0.39, 0.29) is 46.0 Å². The monoisotopic (exact) mass is 605 g/mol. The summed E-state index contributed by atoms with van der Waals surface area (Å²) in [4.78, 5) is 51.0. The van der Waals surface area contributed by atoms with Crippen LogP contribution in [-0.2, 0) is 18.9 Å². The molecular formula is C24H21FIN5O5. The summed E-state index contributed by atoms with van der Waals surface area (Å²) in [5.41, 5.74) is 3.82. The molecule has 0 fully saturated rings. The predicted octanol–water partition coefficient (Wildman–Crippen LogP) is 2.05. The van der Waals surface area contributed by atoms with E-state index in [1.165, 1.54) is 48.4 Å². The van der Waals surface area contributed by atoms with Gasteiger partial charge in [-0.2, -0.15) is 0 Å². The lowest BCUT2D eigenvalue weighted by Gasteiger charge is -2.20. The molecule has 36 heavy (non-hydrogen) atoms. The van der Waals surface area contributed by atoms with Crippen LogP contribution in [0.15, 0.2) is 56.8 Å². The van der Waals surface area contributed by atoms with Crippen molar-refractivity contribution in [2.24, 2.45) is 19.8 Å². The number of halogens is 2. The smallest absolute Gasteiger partial charge is 0.335 e. The van der Waals surface area contributed by atoms with Gasteiger partial charge in [0.25, 0.3) is 17.0 Å². The Balaban J connectivity index is 2.08. The second kappa shape index (κ2) is 9.60. The molecule has 2 aromatic heterocycles. The van der Waals surface area contributed by atoms with Crippen LogP contribution in [-0.4, -0.2) is 26.2 Å². The first-order valence-corrected chi connectivity index (χ1v) is 11.7. The predicted molar refractivity (Wildman–Crippen MR) is 142 cm³/mol. The molecule has 10 nitrogen and oxygen atoms in total. The number of pyridine rings is 1. The summed E-state index contributed by atoms with van der Waals surface area (Å²) in [5, 5.41) is 2.88. The van der Waals surface area contributed by atoms with E-state index in [2.05, 4.69) is 5.32 Å². The molecular weight excluding hydrogens is 584 g/mol. The molecule has 0 aliphatic rings. The van der Waals surface area contributed by atoms with E-state index in [1.54, 1.807) is 24.3 Å². The third-order valence-electron chi connectivity index (χ3n) is 5.65. The summed E-state index contributed by atoms with van der Waals surface area (Å²) in [6, 6.07) is 10.7. The maximum Gasteiger partial charge on any atom is 0.335 e. The number of carbonyl (C=O) groups excluding carboxylic acids is 1. The van der Waals surface area contributed by atoms with Crippen LogP contribution in [0.25, 0.3) is 16.6 Å². The normalized spacial score (nSPS) is 11.0. The number of rotatable bonds is 6. The highest BCUT2D eigenvalue weighted by Crippen LogP contribution is 2.28. The molecule has 0 saturated carbocycles. The lowest BCUT2D eigenvalue weighted by molar-refractivity contribution is -0.119. The Morgan fingerprint density at radius 3 is 2.47 bits per heavy atom. The summed E-state index contributed by atoms with van der Waals surface area (Å²) in [5.74, 6) is -0.979. The molecule has 0 aliphatic heterocycles. The number of aromatic nitrogens is 3. The molecule has 0 bridgehead atoms. The summed E-state index contributed by atoms with van der Waals surface area (Å²) in [6.07, 6.45) is 0. The number of hydrogen-bond donors (Lipinski definition) is 2. The van der Waals surface area contributed by atoms with Crippen LogP contribution in [0, 0.1) is 16.3 Å². The van der Waals surface area contributed by atoms with Gasteiger partial charge in [0, 0.05) is 29.3 Å². The zero-order valence-electron chi connectivity index (χ0n) is 19.5. The topological polar surface area (TPSA) is 130 Å². The van der Waals surface area contributed by atoms with Crippen LogP contribution >= 0.6 is 22.6 Å². The van der Waals surface area contributed by atoms with Crippen LogP contribution in [0.5, 0.6) is 5.75 Å². The number of primary amides is 1. The highest BCUT2D eigenvalue weighted by Gasteiger charge is 2.23. The van der Waals surface area contributed by atoms with Gasteiger partial charge in [0.1, 0.15) is 22.8 Å². The van der Waals surface area contributed by atoms with Crippen molar-refractivity contribution in [2.45, 2.75) is 6.92 Å². The standard InChI is InChI=1S/C24H21FIN5O5/c1-12-20-19(21(29(2)22(12)33)28-17-8-7-13(26)9-16(17)25)23(34)30(3)24(35)31(20)14-5-4-6-15(10-14)36-11-18(27)32/h4-10,28H,11H2,1-3H3,(H2,27,32). The first-order chi connectivity index (χ1) is 17.0. The Hall–Kier alpha value is -3.94. The molecule has 1 amide bonds. The first-order valence-electron chi connectivity index (χ1n) is 10.6. The number of carbonyl (C=O) groups is 1. The molecule has 3 N–H and O–H groups in total. The number of fused-ring (bicyclic) bond motifs is 1. The third kappa shape index (κ3) is 4.39. The number of nitrogens with one attached hydrogen (secondary N) is 1. The number of ether oxygens (including phenoxy) is 1. The van der Waals surface area contributed by atoms with E-state index >= 15 is 0 Å². The Morgan fingerprint density at radius 1 is 1.08 bits per heavy atom. The number of aryl methyl sites for hydroxylation is 1. The minimum Gasteiger partial charge on any atom is -0.484 e. The van der Waals surface area contributed by atoms with Crippen molar-refractivity contribution in [3.8, 4) is 11.4 Å². The van der Waals surface area contributed by atoms with Crippen LogP contribution in [0.2, 0.25) is 0 Å². The number of nitrogens with two attached hydrogens (primary N) is 1. The van der Waals surface area contributed by atoms with Crippen LogP contribution < -0.4 is 32.6 Å². The SMILES string of the molecule is Cc1c(=O)n(C)c(Nc2ccc(I)cc2F)c2c(=O)n(C)c(=O)n(-c3cccc(OCC(N)=O)c3)c12. The third-order valence-corrected chi connectivity index (χ3v) is 6.32. The van der Waals surface area contributed by atoms with Crippen LogP contribution in [0.1, 0.15) is 5.56 Å². The number of nitrogens with zero attached hydrogens (tertiary/aromatic N) is 3. The Morgan fingerprint density at radius 2 is 1.81 bits per heavy atom. The fourth-order valence-corrected chi connectivity index (χ4v) is 4.33. The van der Waals surface area contributed by atoms with Crippen molar-refractivity contribution in [3.05, 3.63) is 88.6 Å². The van der Waals surface area contributed by atoms with Crippen molar-refractivity contribution in [1.29, 1.82) is 0 Å². The molecule has 4 aromatic rings. The molecule has 4 rings (SSSR count). The van der Waals surface area contributed by atoms with E-state index in [0.717, 1.165) is 4.57 Å². The number of amides is 1. The lowest BCUT2D eigenvalue weighted by atomic mass is 10.1. The molecule has 0 aliphatic carbocycles. The van der Waals surface area contributed by atoms with Crippen molar-refractivity contribution in [2.75, 3.05) is 11.9 Å². The number of benzene rings is 2. The largest absolute Gasteiger partial charge is 0.484 e. The minimum absolute atomic E-state index is 0.0121. The van der Waals surface area contributed by atoms with E-state index in [1.807, 2.05) is 22.6 Å². The highest BCUT2D eigenvalue weighted by atomic mass is 127. The van der Waals surface area contributed by atoms with E-state index in [4.69, 9.17) is 10.5 Å². The Kier molecular flexibility index (Phi) is 6.71. The average molecular weight is 605 g/mol. The highest BCUT2D eigenvalue weighted by molar-refractivity contribution is 14.1. The zero-order chi connectivity index (χ0) is 26.3. The van der Waals surface area contributed by atoms with Gasteiger partial charge >= 0.3 is 5.69 Å². The van der Waals surface area contributed by atoms with E-state index < -0.39 is 28.5 Å². The summed E-state index contributed by atoms with van der Waals surface area (Å²) in [7, 11) is 2.76. The fourth-order valence-electron chi connectivity index (χ4n) is 3.88. The van der Waals surface area contributed by atoms with Crippen molar-refractivity contribution >= 4 is 50.9 Å². The first kappa shape index (κ1) is 25.2. The van der Waals surface area contributed by atoms with Crippen molar-refractivity contribution < 1.29 is 13.9 Å². The van der Waals surface area contributed by atoms with Crippen LogP contribution in [0.3, 0.4) is 0 Å². The number of hydrogen-bond acceptors (Lipinski definition) is 6. The Labute approximate surface area is 216 Å². The molecule has 0 saturated heterocycles. The van der Waals surface area contributed by atoms with Gasteiger partial charge in [0.2, 0.25) is 0 Å². The van der Waals surface area contributed by atoms with Gasteiger partial charge in [-0.15, -0.1) is 0 Å². The van der Waals surface area contributed by atoms with Crippen LogP contribution in [0.4, 0.5) is 15.9 Å². The Bertz CT molecular complexity index is 1720. The molecule has 0 unspecified atom stereocenters. The lowest BCUT2D eigenvalue weighted by Crippen LogP contribution is -2.40. The summed E-state index contributed by atoms with van der Waals surface area (Å²) < 4.78 is 24.0.